The quantitative estimate of drug-likeness (QED) is 0.694. The Labute approximate surface area is 184 Å². The number of carbonyl (C=O) groups excluding carboxylic acids is 2. The van der Waals surface area contributed by atoms with Crippen LogP contribution < -0.4 is 5.32 Å². The molecule has 6 nitrogen and oxygen atoms in total. The standard InChI is InChI=1S/C23H34N4O2S/c1-25-12-8-18(9-13-25)22(29)24-16-21(28)26-14-10-23(11-15-26)17-27(30-2)20-7-5-3-4-6-19(20)23/h3-5,7,18H,6,8-17H2,1-2H3,(H,24,29). The maximum atomic E-state index is 12.8. The second kappa shape index (κ2) is 9.18. The maximum Gasteiger partial charge on any atom is 0.241 e. The molecule has 0 radical (unpaired) electrons. The highest BCUT2D eigenvalue weighted by molar-refractivity contribution is 7.96. The van der Waals surface area contributed by atoms with Gasteiger partial charge < -0.3 is 19.4 Å². The van der Waals surface area contributed by atoms with Gasteiger partial charge in [-0.3, -0.25) is 9.59 Å². The number of hydrogen-bond acceptors (Lipinski definition) is 5. The molecule has 0 aromatic rings. The SMILES string of the molecule is CSN1CC2(CCN(C(=O)CNC(=O)C3CCN(C)CC3)CC2)C2=C1C=CC=CC2. The van der Waals surface area contributed by atoms with Gasteiger partial charge in [-0.05, 0) is 63.9 Å². The van der Waals surface area contributed by atoms with Crippen molar-refractivity contribution in [2.75, 3.05) is 52.6 Å². The molecule has 3 heterocycles. The number of fused-ring (bicyclic) bond motifs is 1. The highest BCUT2D eigenvalue weighted by atomic mass is 32.2. The molecular formula is C23H34N4O2S. The fourth-order valence-electron chi connectivity index (χ4n) is 5.29. The summed E-state index contributed by atoms with van der Waals surface area (Å²) in [7, 11) is 2.09. The van der Waals surface area contributed by atoms with E-state index in [4.69, 9.17) is 0 Å². The molecule has 0 aromatic heterocycles. The van der Waals surface area contributed by atoms with Crippen LogP contribution in [-0.4, -0.2) is 78.5 Å². The zero-order valence-electron chi connectivity index (χ0n) is 18.2. The summed E-state index contributed by atoms with van der Waals surface area (Å²) in [4.78, 5) is 29.4. The summed E-state index contributed by atoms with van der Waals surface area (Å²) in [5, 5.41) is 2.91. The zero-order valence-corrected chi connectivity index (χ0v) is 19.0. The van der Waals surface area contributed by atoms with E-state index in [0.717, 1.165) is 64.8 Å². The third-order valence-corrected chi connectivity index (χ3v) is 8.05. The lowest BCUT2D eigenvalue weighted by molar-refractivity contribution is -0.135. The van der Waals surface area contributed by atoms with Crippen molar-refractivity contribution in [3.8, 4) is 0 Å². The van der Waals surface area contributed by atoms with Crippen molar-refractivity contribution in [2.45, 2.75) is 32.1 Å². The lowest BCUT2D eigenvalue weighted by atomic mass is 9.72. The van der Waals surface area contributed by atoms with Crippen molar-refractivity contribution in [3.05, 3.63) is 35.6 Å². The number of likely N-dealkylation sites (tertiary alicyclic amines) is 2. The van der Waals surface area contributed by atoms with Crippen molar-refractivity contribution in [3.63, 3.8) is 0 Å². The molecule has 3 aliphatic heterocycles. The van der Waals surface area contributed by atoms with Crippen LogP contribution in [0.1, 0.15) is 32.1 Å². The number of rotatable bonds is 4. The average molecular weight is 431 g/mol. The maximum absolute atomic E-state index is 12.8. The molecule has 30 heavy (non-hydrogen) atoms. The molecule has 0 aromatic carbocycles. The molecule has 1 aliphatic carbocycles. The van der Waals surface area contributed by atoms with Gasteiger partial charge in [-0.25, -0.2) is 0 Å². The zero-order chi connectivity index (χ0) is 21.1. The van der Waals surface area contributed by atoms with Crippen LogP contribution in [-0.2, 0) is 9.59 Å². The number of nitrogens with one attached hydrogen (secondary N) is 1. The molecule has 0 atom stereocenters. The monoisotopic (exact) mass is 430 g/mol. The van der Waals surface area contributed by atoms with E-state index in [1.165, 1.54) is 11.3 Å². The van der Waals surface area contributed by atoms with E-state index in [1.807, 2.05) is 4.90 Å². The average Bonchev–Trinajstić information content (AvgIpc) is 2.90. The van der Waals surface area contributed by atoms with Crippen LogP contribution in [0.2, 0.25) is 0 Å². The minimum Gasteiger partial charge on any atom is -0.347 e. The Balaban J connectivity index is 1.30. The van der Waals surface area contributed by atoms with Crippen LogP contribution in [0.5, 0.6) is 0 Å². The molecule has 0 unspecified atom stereocenters. The number of hydrogen-bond donors (Lipinski definition) is 1. The summed E-state index contributed by atoms with van der Waals surface area (Å²) in [6, 6.07) is 0. The lowest BCUT2D eigenvalue weighted by Gasteiger charge is -2.41. The van der Waals surface area contributed by atoms with Crippen LogP contribution in [0.3, 0.4) is 0 Å². The van der Waals surface area contributed by atoms with Gasteiger partial charge in [0.15, 0.2) is 0 Å². The Morgan fingerprint density at radius 3 is 2.60 bits per heavy atom. The van der Waals surface area contributed by atoms with Crippen LogP contribution in [0, 0.1) is 11.3 Å². The molecule has 7 heteroatoms. The minimum atomic E-state index is 0.0446. The first-order valence-corrected chi connectivity index (χ1v) is 12.3. The molecule has 2 fully saturated rings. The van der Waals surface area contributed by atoms with Crippen LogP contribution in [0.4, 0.5) is 0 Å². The summed E-state index contributed by atoms with van der Waals surface area (Å²) >= 11 is 1.79. The van der Waals surface area contributed by atoms with Crippen molar-refractivity contribution in [1.82, 2.24) is 19.4 Å². The van der Waals surface area contributed by atoms with E-state index < -0.39 is 0 Å². The van der Waals surface area contributed by atoms with Gasteiger partial charge in [0, 0.05) is 42.9 Å². The fourth-order valence-corrected chi connectivity index (χ4v) is 6.03. The Bertz CT molecular complexity index is 759. The van der Waals surface area contributed by atoms with Gasteiger partial charge in [-0.1, -0.05) is 30.2 Å². The molecule has 2 amide bonds. The normalized spacial score (nSPS) is 24.3. The summed E-state index contributed by atoms with van der Waals surface area (Å²) in [5.74, 6) is 0.153. The minimum absolute atomic E-state index is 0.0446. The third kappa shape index (κ3) is 4.33. The van der Waals surface area contributed by atoms with E-state index in [1.54, 1.807) is 11.9 Å². The molecule has 1 N–H and O–H groups in total. The largest absolute Gasteiger partial charge is 0.347 e. The molecule has 2 saturated heterocycles. The van der Waals surface area contributed by atoms with Gasteiger partial charge >= 0.3 is 0 Å². The lowest BCUT2D eigenvalue weighted by Crippen LogP contribution is -2.49. The van der Waals surface area contributed by atoms with Gasteiger partial charge in [-0.2, -0.15) is 0 Å². The second-order valence-electron chi connectivity index (χ2n) is 9.03. The molecule has 4 aliphatic rings. The van der Waals surface area contributed by atoms with E-state index >= 15 is 0 Å². The predicted octanol–water partition coefficient (Wildman–Crippen LogP) is 2.42. The topological polar surface area (TPSA) is 55.9 Å². The smallest absolute Gasteiger partial charge is 0.241 e. The highest BCUT2D eigenvalue weighted by Gasteiger charge is 2.46. The van der Waals surface area contributed by atoms with Crippen molar-refractivity contribution >= 4 is 23.8 Å². The van der Waals surface area contributed by atoms with Crippen molar-refractivity contribution in [1.29, 1.82) is 0 Å². The summed E-state index contributed by atoms with van der Waals surface area (Å²) in [5.41, 5.74) is 3.06. The van der Waals surface area contributed by atoms with Gasteiger partial charge in [-0.15, -0.1) is 0 Å². The number of nitrogens with zero attached hydrogens (tertiary/aromatic N) is 3. The van der Waals surface area contributed by atoms with Gasteiger partial charge in [0.2, 0.25) is 11.8 Å². The molecule has 164 valence electrons. The number of allylic oxidation sites excluding steroid dienone is 4. The molecule has 0 bridgehead atoms. The van der Waals surface area contributed by atoms with Gasteiger partial charge in [0.25, 0.3) is 0 Å². The summed E-state index contributed by atoms with van der Waals surface area (Å²) in [6.45, 7) is 4.62. The van der Waals surface area contributed by atoms with Gasteiger partial charge in [0.1, 0.15) is 0 Å². The molecule has 1 spiro atoms. The van der Waals surface area contributed by atoms with Crippen LogP contribution in [0.25, 0.3) is 0 Å². The van der Waals surface area contributed by atoms with E-state index in [-0.39, 0.29) is 29.7 Å². The first-order valence-electron chi connectivity index (χ1n) is 11.1. The van der Waals surface area contributed by atoms with Crippen molar-refractivity contribution < 1.29 is 9.59 Å². The molecule has 0 saturated carbocycles. The first kappa shape index (κ1) is 21.5. The Hall–Kier alpha value is -1.73. The Kier molecular flexibility index (Phi) is 6.58. The summed E-state index contributed by atoms with van der Waals surface area (Å²) in [6.07, 6.45) is 15.7. The number of amides is 2. The molecule has 4 rings (SSSR count). The molecular weight excluding hydrogens is 396 g/mol. The first-order chi connectivity index (χ1) is 14.5. The third-order valence-electron chi connectivity index (χ3n) is 7.28. The van der Waals surface area contributed by atoms with Crippen LogP contribution >= 0.6 is 11.9 Å². The van der Waals surface area contributed by atoms with Crippen LogP contribution in [0.15, 0.2) is 35.6 Å². The fraction of sp³-hybridized carbons (Fsp3) is 0.652. The predicted molar refractivity (Wildman–Crippen MR) is 122 cm³/mol. The van der Waals surface area contributed by atoms with E-state index in [0.29, 0.717) is 0 Å². The summed E-state index contributed by atoms with van der Waals surface area (Å²) < 4.78 is 2.41. The number of carbonyl (C=O) groups is 2. The van der Waals surface area contributed by atoms with Gasteiger partial charge in [0.05, 0.1) is 6.54 Å². The second-order valence-corrected chi connectivity index (χ2v) is 9.84. The van der Waals surface area contributed by atoms with E-state index in [2.05, 4.69) is 52.1 Å². The Morgan fingerprint density at radius 1 is 1.17 bits per heavy atom. The van der Waals surface area contributed by atoms with E-state index in [9.17, 15) is 9.59 Å². The number of piperidine rings is 2. The van der Waals surface area contributed by atoms with Crippen molar-refractivity contribution in [2.24, 2.45) is 11.3 Å². The highest BCUT2D eigenvalue weighted by Crippen LogP contribution is 2.50. The Morgan fingerprint density at radius 2 is 1.90 bits per heavy atom.